The van der Waals surface area contributed by atoms with Crippen LogP contribution in [0.4, 0.5) is 11.4 Å². The first-order chi connectivity index (χ1) is 17.3. The van der Waals surface area contributed by atoms with Gasteiger partial charge in [-0.1, -0.05) is 42.5 Å². The van der Waals surface area contributed by atoms with Crippen molar-refractivity contribution in [2.45, 2.75) is 12.5 Å². The summed E-state index contributed by atoms with van der Waals surface area (Å²) in [5.41, 5.74) is 1.60. The van der Waals surface area contributed by atoms with Crippen LogP contribution in [0.25, 0.3) is 10.9 Å². The lowest BCUT2D eigenvalue weighted by Gasteiger charge is -2.15. The van der Waals surface area contributed by atoms with E-state index in [0.29, 0.717) is 27.7 Å². The van der Waals surface area contributed by atoms with Crippen molar-refractivity contribution in [2.24, 2.45) is 0 Å². The summed E-state index contributed by atoms with van der Waals surface area (Å²) in [7, 11) is 0. The maximum Gasteiger partial charge on any atom is 0.326 e. The van der Waals surface area contributed by atoms with Crippen molar-refractivity contribution in [3.63, 3.8) is 0 Å². The number of carbonyl (C=O) groups is 3. The van der Waals surface area contributed by atoms with Gasteiger partial charge in [-0.05, 0) is 35.9 Å². The van der Waals surface area contributed by atoms with Crippen molar-refractivity contribution < 1.29 is 24.4 Å². The minimum atomic E-state index is -1.32. The van der Waals surface area contributed by atoms with Gasteiger partial charge in [0, 0.05) is 29.8 Å². The lowest BCUT2D eigenvalue weighted by molar-refractivity contribution is -0.385. The third-order valence-corrected chi connectivity index (χ3v) is 5.49. The molecule has 0 unspecified atom stereocenters. The maximum atomic E-state index is 12.8. The summed E-state index contributed by atoms with van der Waals surface area (Å²) in [5, 5.41) is 26.6. The van der Waals surface area contributed by atoms with Crippen molar-refractivity contribution in [2.75, 3.05) is 5.32 Å². The predicted octanol–water partition coefficient (Wildman–Crippen LogP) is 3.82. The van der Waals surface area contributed by atoms with Gasteiger partial charge in [0.25, 0.3) is 17.5 Å². The minimum absolute atomic E-state index is 0.0646. The van der Waals surface area contributed by atoms with Gasteiger partial charge in [-0.25, -0.2) is 4.79 Å². The smallest absolute Gasteiger partial charge is 0.326 e. The third kappa shape index (κ3) is 5.33. The molecule has 3 aromatic carbocycles. The molecule has 10 heteroatoms. The minimum Gasteiger partial charge on any atom is -0.480 e. The molecule has 4 rings (SSSR count). The summed E-state index contributed by atoms with van der Waals surface area (Å²) in [6, 6.07) is 19.4. The van der Waals surface area contributed by atoms with Crippen molar-refractivity contribution in [1.29, 1.82) is 0 Å². The van der Waals surface area contributed by atoms with E-state index in [1.165, 1.54) is 24.3 Å². The average molecular weight is 484 g/mol. The number of carboxylic acid groups (broad SMARTS) is 1. The van der Waals surface area contributed by atoms with Crippen molar-refractivity contribution in [3.05, 3.63) is 112 Å². The zero-order chi connectivity index (χ0) is 25.7. The highest BCUT2D eigenvalue weighted by Gasteiger charge is 2.25. The number of benzene rings is 3. The number of pyridine rings is 1. The molecule has 1 aromatic heterocycles. The number of nitrogens with one attached hydrogen (secondary N) is 2. The van der Waals surface area contributed by atoms with Crippen molar-refractivity contribution in [1.82, 2.24) is 10.3 Å². The van der Waals surface area contributed by atoms with Crippen molar-refractivity contribution >= 4 is 40.1 Å². The summed E-state index contributed by atoms with van der Waals surface area (Å²) < 4.78 is 0. The van der Waals surface area contributed by atoms with Crippen LogP contribution in [-0.2, 0) is 11.2 Å². The quantitative estimate of drug-likeness (QED) is 0.254. The number of fused-ring (bicyclic) bond motifs is 1. The fourth-order valence-corrected chi connectivity index (χ4v) is 3.71. The van der Waals surface area contributed by atoms with Gasteiger partial charge in [0.05, 0.1) is 16.0 Å². The van der Waals surface area contributed by atoms with E-state index >= 15 is 0 Å². The normalized spacial score (nSPS) is 11.4. The van der Waals surface area contributed by atoms with Gasteiger partial charge in [-0.15, -0.1) is 0 Å². The highest BCUT2D eigenvalue weighted by Crippen LogP contribution is 2.20. The lowest BCUT2D eigenvalue weighted by atomic mass is 10.0. The number of carboxylic acids is 1. The number of aromatic nitrogens is 1. The van der Waals surface area contributed by atoms with Gasteiger partial charge < -0.3 is 15.7 Å². The van der Waals surface area contributed by atoms with E-state index in [1.54, 1.807) is 36.5 Å². The number of anilines is 1. The van der Waals surface area contributed by atoms with Gasteiger partial charge >= 0.3 is 5.97 Å². The zero-order valence-corrected chi connectivity index (χ0v) is 18.8. The second kappa shape index (κ2) is 10.4. The van der Waals surface area contributed by atoms with E-state index in [4.69, 9.17) is 0 Å². The Morgan fingerprint density at radius 1 is 0.889 bits per heavy atom. The Bertz CT molecular complexity index is 1460. The molecule has 180 valence electrons. The molecule has 36 heavy (non-hydrogen) atoms. The summed E-state index contributed by atoms with van der Waals surface area (Å²) >= 11 is 0. The highest BCUT2D eigenvalue weighted by atomic mass is 16.6. The molecule has 0 saturated carbocycles. The first-order valence-electron chi connectivity index (χ1n) is 10.8. The van der Waals surface area contributed by atoms with E-state index < -0.39 is 28.5 Å². The molecule has 3 N–H and O–H groups in total. The van der Waals surface area contributed by atoms with E-state index in [0.717, 1.165) is 0 Å². The van der Waals surface area contributed by atoms with Crippen LogP contribution in [0.5, 0.6) is 0 Å². The van der Waals surface area contributed by atoms with Gasteiger partial charge in [0.1, 0.15) is 11.6 Å². The Labute approximate surface area is 204 Å². The number of nitro groups is 1. The zero-order valence-electron chi connectivity index (χ0n) is 18.8. The second-order valence-corrected chi connectivity index (χ2v) is 7.87. The standard InChI is InChI=1S/C26H20N4O6/c31-24(19-13-14-27-21-7-3-1-5-18(19)21)28-17-11-9-16(10-12-17)15-22(26(33)34)29-25(32)20-6-2-4-8-23(20)30(35)36/h1-14,22H,15H2,(H,28,31)(H,29,32)(H,33,34)/t22-/m0/s1. The Balaban J connectivity index is 1.45. The predicted molar refractivity (Wildman–Crippen MR) is 132 cm³/mol. The van der Waals surface area contributed by atoms with Crippen LogP contribution in [0.2, 0.25) is 0 Å². The number of hydrogen-bond acceptors (Lipinski definition) is 6. The molecule has 0 aliphatic heterocycles. The molecular formula is C26H20N4O6. The third-order valence-electron chi connectivity index (χ3n) is 5.49. The molecule has 0 spiro atoms. The number of aliphatic carboxylic acids is 1. The molecule has 0 fully saturated rings. The number of nitrogens with zero attached hydrogens (tertiary/aromatic N) is 2. The summed E-state index contributed by atoms with van der Waals surface area (Å²) in [5.74, 6) is -2.46. The Kier molecular flexibility index (Phi) is 6.96. The monoisotopic (exact) mass is 484 g/mol. The molecule has 1 atom stereocenters. The molecular weight excluding hydrogens is 464 g/mol. The second-order valence-electron chi connectivity index (χ2n) is 7.87. The number of carbonyl (C=O) groups excluding carboxylic acids is 2. The highest BCUT2D eigenvalue weighted by molar-refractivity contribution is 6.12. The van der Waals surface area contributed by atoms with E-state index in [-0.39, 0.29) is 17.9 Å². The van der Waals surface area contributed by atoms with E-state index in [9.17, 15) is 29.6 Å². The van der Waals surface area contributed by atoms with Crippen LogP contribution >= 0.6 is 0 Å². The maximum absolute atomic E-state index is 12.8. The SMILES string of the molecule is O=C(N[C@@H](Cc1ccc(NC(=O)c2ccnc3ccccc23)cc1)C(=O)O)c1ccccc1[N+](=O)[O-]. The summed E-state index contributed by atoms with van der Waals surface area (Å²) in [6.45, 7) is 0. The molecule has 0 aliphatic rings. The van der Waals surface area contributed by atoms with Gasteiger partial charge in [-0.2, -0.15) is 0 Å². The first kappa shape index (κ1) is 24.0. The van der Waals surface area contributed by atoms with Crippen molar-refractivity contribution in [3.8, 4) is 0 Å². The first-order valence-corrected chi connectivity index (χ1v) is 10.8. The number of hydrogen-bond donors (Lipinski definition) is 3. The largest absolute Gasteiger partial charge is 0.480 e. The van der Waals surface area contributed by atoms with Crippen LogP contribution in [0.15, 0.2) is 85.1 Å². The molecule has 0 bridgehead atoms. The Hall–Kier alpha value is -5.12. The lowest BCUT2D eigenvalue weighted by Crippen LogP contribution is -2.42. The van der Waals surface area contributed by atoms with Crippen LogP contribution < -0.4 is 10.6 Å². The number of rotatable bonds is 8. The number of amides is 2. The summed E-state index contributed by atoms with van der Waals surface area (Å²) in [6.07, 6.45) is 1.50. The molecule has 2 amide bonds. The topological polar surface area (TPSA) is 152 Å². The summed E-state index contributed by atoms with van der Waals surface area (Å²) in [4.78, 5) is 51.8. The molecule has 1 heterocycles. The van der Waals surface area contributed by atoms with Crippen LogP contribution in [0, 0.1) is 10.1 Å². The molecule has 0 saturated heterocycles. The molecule has 0 aliphatic carbocycles. The van der Waals surface area contributed by atoms with E-state index in [2.05, 4.69) is 15.6 Å². The van der Waals surface area contributed by atoms with E-state index in [1.807, 2.05) is 24.3 Å². The van der Waals surface area contributed by atoms with Gasteiger partial charge in [0.2, 0.25) is 0 Å². The molecule has 4 aromatic rings. The number of nitro benzene ring substituents is 1. The Morgan fingerprint density at radius 2 is 1.58 bits per heavy atom. The van der Waals surface area contributed by atoms with Crippen LogP contribution in [-0.4, -0.2) is 38.8 Å². The van der Waals surface area contributed by atoms with Gasteiger partial charge in [0.15, 0.2) is 0 Å². The fraction of sp³-hybridized carbons (Fsp3) is 0.0769. The van der Waals surface area contributed by atoms with Gasteiger partial charge in [-0.3, -0.25) is 24.7 Å². The van der Waals surface area contributed by atoms with Crippen LogP contribution in [0.3, 0.4) is 0 Å². The average Bonchev–Trinajstić information content (AvgIpc) is 2.88. The molecule has 0 radical (unpaired) electrons. The Morgan fingerprint density at radius 3 is 2.31 bits per heavy atom. The molecule has 10 nitrogen and oxygen atoms in total. The fourth-order valence-electron chi connectivity index (χ4n) is 3.71. The number of para-hydroxylation sites is 2. The van der Waals surface area contributed by atoms with Crippen LogP contribution in [0.1, 0.15) is 26.3 Å².